The van der Waals surface area contributed by atoms with Crippen LogP contribution in [0, 0.1) is 13.8 Å². The first-order chi connectivity index (χ1) is 12.5. The number of nitrogens with one attached hydrogen (secondary N) is 1. The third kappa shape index (κ3) is 3.21. The molecule has 0 aliphatic rings. The van der Waals surface area contributed by atoms with E-state index in [1.54, 1.807) is 28.9 Å². The first kappa shape index (κ1) is 17.4. The normalized spacial score (nSPS) is 10.4. The highest BCUT2D eigenvalue weighted by atomic mass is 16.5. The number of hydrogen-bond donors (Lipinski definition) is 1. The van der Waals surface area contributed by atoms with Gasteiger partial charge in [0.15, 0.2) is 0 Å². The van der Waals surface area contributed by atoms with Crippen LogP contribution in [0.4, 0.5) is 5.69 Å². The van der Waals surface area contributed by atoms with Gasteiger partial charge in [0.25, 0.3) is 5.91 Å². The lowest BCUT2D eigenvalue weighted by Crippen LogP contribution is -2.16. The lowest BCUT2D eigenvalue weighted by atomic mass is 10.1. The van der Waals surface area contributed by atoms with Crippen molar-refractivity contribution in [2.75, 3.05) is 12.4 Å². The van der Waals surface area contributed by atoms with Crippen molar-refractivity contribution in [3.8, 4) is 5.69 Å². The Morgan fingerprint density at radius 3 is 2.42 bits per heavy atom. The molecule has 0 saturated heterocycles. The maximum atomic E-state index is 12.7. The fourth-order valence-corrected chi connectivity index (χ4v) is 2.75. The molecule has 3 aromatic rings. The van der Waals surface area contributed by atoms with Crippen LogP contribution in [0.5, 0.6) is 0 Å². The van der Waals surface area contributed by atoms with E-state index in [1.807, 2.05) is 38.1 Å². The molecule has 0 bridgehead atoms. The summed E-state index contributed by atoms with van der Waals surface area (Å²) in [6, 6.07) is 14.5. The maximum Gasteiger partial charge on any atom is 0.339 e. The number of esters is 1. The van der Waals surface area contributed by atoms with Crippen LogP contribution in [0.2, 0.25) is 0 Å². The van der Waals surface area contributed by atoms with Gasteiger partial charge >= 0.3 is 5.97 Å². The van der Waals surface area contributed by atoms with Crippen molar-refractivity contribution in [2.45, 2.75) is 13.8 Å². The predicted molar refractivity (Wildman–Crippen MR) is 98.8 cm³/mol. The van der Waals surface area contributed by atoms with Crippen molar-refractivity contribution in [1.29, 1.82) is 0 Å². The Morgan fingerprint density at radius 2 is 1.69 bits per heavy atom. The summed E-state index contributed by atoms with van der Waals surface area (Å²) in [5.41, 5.74) is 3.82. The topological polar surface area (TPSA) is 73.2 Å². The van der Waals surface area contributed by atoms with Crippen molar-refractivity contribution in [3.05, 3.63) is 77.1 Å². The number of rotatable bonds is 4. The average molecular weight is 349 g/mol. The fourth-order valence-electron chi connectivity index (χ4n) is 2.75. The molecular formula is C20H19N3O3. The van der Waals surface area contributed by atoms with E-state index < -0.39 is 5.97 Å². The number of para-hydroxylation sites is 2. The van der Waals surface area contributed by atoms with Crippen LogP contribution < -0.4 is 5.32 Å². The summed E-state index contributed by atoms with van der Waals surface area (Å²) >= 11 is 0. The van der Waals surface area contributed by atoms with Crippen molar-refractivity contribution in [3.63, 3.8) is 0 Å². The van der Waals surface area contributed by atoms with Gasteiger partial charge in [-0.05, 0) is 37.6 Å². The molecule has 3 rings (SSSR count). The molecule has 132 valence electrons. The van der Waals surface area contributed by atoms with Crippen molar-refractivity contribution >= 4 is 17.6 Å². The largest absolute Gasteiger partial charge is 0.465 e. The third-order valence-electron chi connectivity index (χ3n) is 4.18. The lowest BCUT2D eigenvalue weighted by molar-refractivity contribution is 0.0602. The second-order valence-electron chi connectivity index (χ2n) is 5.83. The molecule has 26 heavy (non-hydrogen) atoms. The SMILES string of the molecule is COC(=O)c1ccccc1NC(=O)c1cnn(-c2ccccc2C)c1C. The van der Waals surface area contributed by atoms with Gasteiger partial charge in [-0.1, -0.05) is 30.3 Å². The second kappa shape index (κ2) is 7.23. The molecular weight excluding hydrogens is 330 g/mol. The Bertz CT molecular complexity index is 976. The van der Waals surface area contributed by atoms with E-state index >= 15 is 0 Å². The Labute approximate surface area is 151 Å². The van der Waals surface area contributed by atoms with Crippen LogP contribution >= 0.6 is 0 Å². The first-order valence-corrected chi connectivity index (χ1v) is 8.12. The number of nitrogens with zero attached hydrogens (tertiary/aromatic N) is 2. The van der Waals surface area contributed by atoms with Gasteiger partial charge in [-0.25, -0.2) is 9.48 Å². The van der Waals surface area contributed by atoms with Crippen LogP contribution in [-0.4, -0.2) is 28.8 Å². The van der Waals surface area contributed by atoms with Crippen LogP contribution in [0.25, 0.3) is 5.69 Å². The zero-order valence-electron chi connectivity index (χ0n) is 14.8. The Morgan fingerprint density at radius 1 is 1.00 bits per heavy atom. The molecule has 0 unspecified atom stereocenters. The minimum atomic E-state index is -0.506. The van der Waals surface area contributed by atoms with E-state index in [-0.39, 0.29) is 5.91 Å². The smallest absolute Gasteiger partial charge is 0.339 e. The van der Waals surface area contributed by atoms with Gasteiger partial charge in [-0.15, -0.1) is 0 Å². The Balaban J connectivity index is 1.91. The number of carbonyl (C=O) groups excluding carboxylic acids is 2. The summed E-state index contributed by atoms with van der Waals surface area (Å²) in [7, 11) is 1.30. The van der Waals surface area contributed by atoms with E-state index in [0.717, 1.165) is 11.3 Å². The molecule has 0 radical (unpaired) electrons. The number of hydrogen-bond acceptors (Lipinski definition) is 4. The van der Waals surface area contributed by atoms with Gasteiger partial charge < -0.3 is 10.1 Å². The highest BCUT2D eigenvalue weighted by molar-refractivity contribution is 6.08. The summed E-state index contributed by atoms with van der Waals surface area (Å²) in [6.07, 6.45) is 1.53. The molecule has 0 saturated carbocycles. The molecule has 0 aliphatic heterocycles. The third-order valence-corrected chi connectivity index (χ3v) is 4.18. The van der Waals surface area contributed by atoms with Gasteiger partial charge in [-0.2, -0.15) is 5.10 Å². The molecule has 0 fully saturated rings. The molecule has 1 N–H and O–H groups in total. The summed E-state index contributed by atoms with van der Waals surface area (Å²) in [5.74, 6) is -0.841. The summed E-state index contributed by atoms with van der Waals surface area (Å²) in [5, 5.41) is 7.12. The molecule has 0 atom stereocenters. The van der Waals surface area contributed by atoms with E-state index in [1.165, 1.54) is 13.3 Å². The molecule has 2 aromatic carbocycles. The number of anilines is 1. The molecule has 6 heteroatoms. The summed E-state index contributed by atoms with van der Waals surface area (Å²) in [4.78, 5) is 24.6. The predicted octanol–water partition coefficient (Wildman–Crippen LogP) is 3.53. The standard InChI is InChI=1S/C20H19N3O3/c1-13-8-4-7-11-18(13)23-14(2)16(12-21-23)19(24)22-17-10-6-5-9-15(17)20(25)26-3/h4-12H,1-3H3,(H,22,24). The number of carbonyl (C=O) groups is 2. The highest BCUT2D eigenvalue weighted by Gasteiger charge is 2.18. The zero-order valence-corrected chi connectivity index (χ0v) is 14.8. The quantitative estimate of drug-likeness (QED) is 0.731. The molecule has 1 heterocycles. The zero-order chi connectivity index (χ0) is 18.7. The highest BCUT2D eigenvalue weighted by Crippen LogP contribution is 2.20. The van der Waals surface area contributed by atoms with Gasteiger partial charge in [0.1, 0.15) is 0 Å². The number of aryl methyl sites for hydroxylation is 1. The van der Waals surface area contributed by atoms with Gasteiger partial charge in [0.2, 0.25) is 0 Å². The van der Waals surface area contributed by atoms with E-state index in [4.69, 9.17) is 4.74 Å². The van der Waals surface area contributed by atoms with Crippen LogP contribution in [0.3, 0.4) is 0 Å². The summed E-state index contributed by atoms with van der Waals surface area (Å²) < 4.78 is 6.49. The lowest BCUT2D eigenvalue weighted by Gasteiger charge is -2.10. The molecule has 0 aliphatic carbocycles. The van der Waals surface area contributed by atoms with Crippen LogP contribution in [0.15, 0.2) is 54.7 Å². The fraction of sp³-hybridized carbons (Fsp3) is 0.150. The summed E-state index contributed by atoms with van der Waals surface area (Å²) in [6.45, 7) is 3.82. The Hall–Kier alpha value is -3.41. The van der Waals surface area contributed by atoms with Gasteiger partial charge in [0.05, 0.1) is 41.5 Å². The monoisotopic (exact) mass is 349 g/mol. The van der Waals surface area contributed by atoms with Crippen LogP contribution in [-0.2, 0) is 4.74 Å². The first-order valence-electron chi connectivity index (χ1n) is 8.12. The second-order valence-corrected chi connectivity index (χ2v) is 5.83. The van der Waals surface area contributed by atoms with E-state index in [0.29, 0.717) is 22.5 Å². The van der Waals surface area contributed by atoms with Gasteiger partial charge in [-0.3, -0.25) is 4.79 Å². The van der Waals surface area contributed by atoms with Crippen molar-refractivity contribution < 1.29 is 14.3 Å². The molecule has 0 spiro atoms. The molecule has 6 nitrogen and oxygen atoms in total. The van der Waals surface area contributed by atoms with Crippen molar-refractivity contribution in [2.24, 2.45) is 0 Å². The molecule has 1 aromatic heterocycles. The average Bonchev–Trinajstić information content (AvgIpc) is 3.03. The number of methoxy groups -OCH3 is 1. The Kier molecular flexibility index (Phi) is 4.84. The number of amides is 1. The van der Waals surface area contributed by atoms with E-state index in [2.05, 4.69) is 10.4 Å². The maximum absolute atomic E-state index is 12.7. The number of benzene rings is 2. The van der Waals surface area contributed by atoms with E-state index in [9.17, 15) is 9.59 Å². The molecule has 1 amide bonds. The van der Waals surface area contributed by atoms with Crippen molar-refractivity contribution in [1.82, 2.24) is 9.78 Å². The van der Waals surface area contributed by atoms with Crippen LogP contribution in [0.1, 0.15) is 32.0 Å². The minimum Gasteiger partial charge on any atom is -0.465 e. The number of aromatic nitrogens is 2. The minimum absolute atomic E-state index is 0.298. The number of ether oxygens (including phenoxy) is 1. The van der Waals surface area contributed by atoms with Gasteiger partial charge in [0, 0.05) is 0 Å².